The second-order valence-electron chi connectivity index (χ2n) is 4.67. The average Bonchev–Trinajstić information content (AvgIpc) is 2.66. The zero-order chi connectivity index (χ0) is 19.4. The maximum absolute atomic E-state index is 11.8. The number of carbonyl (C=O) groups excluding carboxylic acids is 4. The Balaban J connectivity index is 2.48. The molecular formula is C18H18O8. The van der Waals surface area contributed by atoms with Crippen molar-refractivity contribution in [1.82, 2.24) is 0 Å². The molecule has 0 fully saturated rings. The van der Waals surface area contributed by atoms with Crippen molar-refractivity contribution in [2.24, 2.45) is 0 Å². The van der Waals surface area contributed by atoms with Crippen molar-refractivity contribution in [2.75, 3.05) is 26.4 Å². The van der Waals surface area contributed by atoms with Gasteiger partial charge < -0.3 is 18.9 Å². The number of hydrogen-bond acceptors (Lipinski definition) is 8. The predicted molar refractivity (Wildman–Crippen MR) is 89.3 cm³/mol. The molecule has 26 heavy (non-hydrogen) atoms. The van der Waals surface area contributed by atoms with Crippen LogP contribution in [0, 0.1) is 0 Å². The summed E-state index contributed by atoms with van der Waals surface area (Å²) in [4.78, 5) is 46.0. The van der Waals surface area contributed by atoms with E-state index >= 15 is 0 Å². The highest BCUT2D eigenvalue weighted by Gasteiger charge is 2.14. The molecule has 0 radical (unpaired) electrons. The highest BCUT2D eigenvalue weighted by Crippen LogP contribution is 2.08. The van der Waals surface area contributed by atoms with Gasteiger partial charge in [0.2, 0.25) is 0 Å². The Morgan fingerprint density at radius 1 is 0.692 bits per heavy atom. The third-order valence-electron chi connectivity index (χ3n) is 2.72. The Hall–Kier alpha value is -3.42. The molecule has 0 saturated carbocycles. The van der Waals surface area contributed by atoms with E-state index in [-0.39, 0.29) is 24.3 Å². The standard InChI is InChI=1S/C18H18O8/c1-3-9-23-15(19)11-25-17(21)13-5-7-14(8-6-13)18(22)26-12-16(20)24-10-4-2/h3-8H,1-2,9-12H2. The normalized spacial score (nSPS) is 9.54. The van der Waals surface area contributed by atoms with E-state index in [1.54, 1.807) is 0 Å². The second kappa shape index (κ2) is 11.2. The van der Waals surface area contributed by atoms with Gasteiger partial charge in [-0.25, -0.2) is 19.2 Å². The van der Waals surface area contributed by atoms with Crippen LogP contribution in [0.1, 0.15) is 20.7 Å². The molecule has 0 aliphatic carbocycles. The average molecular weight is 362 g/mol. The Labute approximate surface area is 150 Å². The topological polar surface area (TPSA) is 105 Å². The minimum absolute atomic E-state index is 0.0221. The number of benzene rings is 1. The summed E-state index contributed by atoms with van der Waals surface area (Å²) in [5.41, 5.74) is 0.256. The van der Waals surface area contributed by atoms with Crippen LogP contribution >= 0.6 is 0 Å². The fourth-order valence-corrected chi connectivity index (χ4v) is 1.55. The van der Waals surface area contributed by atoms with Gasteiger partial charge in [0.05, 0.1) is 11.1 Å². The van der Waals surface area contributed by atoms with Crippen LogP contribution < -0.4 is 0 Å². The number of rotatable bonds is 10. The number of hydrogen-bond donors (Lipinski definition) is 0. The van der Waals surface area contributed by atoms with Crippen molar-refractivity contribution >= 4 is 23.9 Å². The van der Waals surface area contributed by atoms with Crippen molar-refractivity contribution < 1.29 is 38.1 Å². The van der Waals surface area contributed by atoms with Gasteiger partial charge in [-0.15, -0.1) is 0 Å². The van der Waals surface area contributed by atoms with Crippen LogP contribution in [-0.4, -0.2) is 50.3 Å². The molecule has 0 unspecified atom stereocenters. The van der Waals surface area contributed by atoms with Gasteiger partial charge >= 0.3 is 23.9 Å². The third-order valence-corrected chi connectivity index (χ3v) is 2.72. The van der Waals surface area contributed by atoms with Crippen LogP contribution in [0.5, 0.6) is 0 Å². The first-order valence-electron chi connectivity index (χ1n) is 7.45. The molecule has 0 aliphatic rings. The van der Waals surface area contributed by atoms with Crippen LogP contribution in [0.25, 0.3) is 0 Å². The van der Waals surface area contributed by atoms with Gasteiger partial charge in [0, 0.05) is 0 Å². The zero-order valence-corrected chi connectivity index (χ0v) is 14.0. The van der Waals surface area contributed by atoms with E-state index < -0.39 is 37.1 Å². The van der Waals surface area contributed by atoms with Crippen LogP contribution in [0.4, 0.5) is 0 Å². The van der Waals surface area contributed by atoms with E-state index in [1.165, 1.54) is 36.4 Å². The van der Waals surface area contributed by atoms with Gasteiger partial charge in [0.25, 0.3) is 0 Å². The van der Waals surface area contributed by atoms with Crippen LogP contribution in [-0.2, 0) is 28.5 Å². The summed E-state index contributed by atoms with van der Waals surface area (Å²) in [5, 5.41) is 0. The molecule has 0 N–H and O–H groups in total. The highest BCUT2D eigenvalue weighted by molar-refractivity contribution is 5.94. The molecule has 138 valence electrons. The Bertz CT molecular complexity index is 616. The summed E-state index contributed by atoms with van der Waals surface area (Å²) in [6.45, 7) is 5.73. The summed E-state index contributed by atoms with van der Waals surface area (Å²) in [7, 11) is 0. The number of esters is 4. The Kier molecular flexibility index (Phi) is 8.88. The lowest BCUT2D eigenvalue weighted by atomic mass is 10.1. The maximum atomic E-state index is 11.8. The summed E-state index contributed by atoms with van der Waals surface area (Å²) in [6, 6.07) is 5.29. The van der Waals surface area contributed by atoms with Gasteiger partial charge in [-0.05, 0) is 24.3 Å². The SMILES string of the molecule is C=CCOC(=O)COC(=O)c1ccc(C(=O)OCC(=O)OCC=C)cc1. The van der Waals surface area contributed by atoms with Gasteiger partial charge in [0.15, 0.2) is 13.2 Å². The molecule has 0 heterocycles. The quantitative estimate of drug-likeness (QED) is 0.350. The monoisotopic (exact) mass is 362 g/mol. The van der Waals surface area contributed by atoms with Crippen molar-refractivity contribution in [3.63, 3.8) is 0 Å². The van der Waals surface area contributed by atoms with Crippen molar-refractivity contribution in [3.05, 3.63) is 60.7 Å². The van der Waals surface area contributed by atoms with Gasteiger partial charge in [-0.3, -0.25) is 0 Å². The minimum atomic E-state index is -0.756. The van der Waals surface area contributed by atoms with E-state index in [4.69, 9.17) is 9.47 Å². The minimum Gasteiger partial charge on any atom is -0.459 e. The molecule has 0 atom stereocenters. The van der Waals surface area contributed by atoms with Crippen LogP contribution in [0.3, 0.4) is 0 Å². The van der Waals surface area contributed by atoms with Crippen molar-refractivity contribution in [3.8, 4) is 0 Å². The van der Waals surface area contributed by atoms with Gasteiger partial charge in [-0.1, -0.05) is 25.3 Å². The number of ether oxygens (including phenoxy) is 4. The van der Waals surface area contributed by atoms with Crippen molar-refractivity contribution in [1.29, 1.82) is 0 Å². The molecule has 1 aromatic carbocycles. The molecule has 0 aromatic heterocycles. The lowest BCUT2D eigenvalue weighted by molar-refractivity contribution is -0.146. The largest absolute Gasteiger partial charge is 0.459 e. The highest BCUT2D eigenvalue weighted by atomic mass is 16.6. The smallest absolute Gasteiger partial charge is 0.344 e. The van der Waals surface area contributed by atoms with Crippen molar-refractivity contribution in [2.45, 2.75) is 0 Å². The van der Waals surface area contributed by atoms with Crippen LogP contribution in [0.2, 0.25) is 0 Å². The molecule has 0 bridgehead atoms. The van der Waals surface area contributed by atoms with E-state index in [2.05, 4.69) is 22.6 Å². The first-order valence-corrected chi connectivity index (χ1v) is 7.45. The third kappa shape index (κ3) is 7.43. The Morgan fingerprint density at radius 3 is 1.35 bits per heavy atom. The first kappa shape index (κ1) is 20.6. The molecular weight excluding hydrogens is 344 g/mol. The summed E-state index contributed by atoms with van der Waals surface area (Å²) in [6.07, 6.45) is 2.77. The molecule has 0 aliphatic heterocycles. The molecule has 0 amide bonds. The number of carbonyl (C=O) groups is 4. The maximum Gasteiger partial charge on any atom is 0.344 e. The fraction of sp³-hybridized carbons (Fsp3) is 0.222. The lowest BCUT2D eigenvalue weighted by Gasteiger charge is -2.06. The Morgan fingerprint density at radius 2 is 1.04 bits per heavy atom. The zero-order valence-electron chi connectivity index (χ0n) is 14.0. The molecule has 1 aromatic rings. The fourth-order valence-electron chi connectivity index (χ4n) is 1.55. The van der Waals surface area contributed by atoms with Crippen LogP contribution in [0.15, 0.2) is 49.6 Å². The molecule has 8 nitrogen and oxygen atoms in total. The van der Waals surface area contributed by atoms with E-state index in [9.17, 15) is 19.2 Å². The van der Waals surface area contributed by atoms with E-state index in [1.807, 2.05) is 0 Å². The lowest BCUT2D eigenvalue weighted by Crippen LogP contribution is -2.17. The van der Waals surface area contributed by atoms with Gasteiger partial charge in [0.1, 0.15) is 13.2 Å². The predicted octanol–water partition coefficient (Wildman–Crippen LogP) is 1.46. The van der Waals surface area contributed by atoms with E-state index in [0.29, 0.717) is 0 Å². The summed E-state index contributed by atoms with van der Waals surface area (Å²) in [5.74, 6) is -2.93. The second-order valence-corrected chi connectivity index (χ2v) is 4.67. The summed E-state index contributed by atoms with van der Waals surface area (Å²) >= 11 is 0. The van der Waals surface area contributed by atoms with E-state index in [0.717, 1.165) is 0 Å². The molecule has 0 spiro atoms. The molecule has 0 saturated heterocycles. The molecule has 8 heteroatoms. The van der Waals surface area contributed by atoms with Gasteiger partial charge in [-0.2, -0.15) is 0 Å². The summed E-state index contributed by atoms with van der Waals surface area (Å²) < 4.78 is 18.9. The molecule has 1 rings (SSSR count). The first-order chi connectivity index (χ1) is 12.5.